The topological polar surface area (TPSA) is 72.7 Å². The maximum atomic E-state index is 12.7. The molecule has 1 unspecified atom stereocenters. The van der Waals surface area contributed by atoms with Crippen molar-refractivity contribution in [2.24, 2.45) is 0 Å². The molecule has 0 aliphatic rings. The van der Waals surface area contributed by atoms with E-state index in [4.69, 9.17) is 0 Å². The van der Waals surface area contributed by atoms with Gasteiger partial charge in [0.1, 0.15) is 5.82 Å². The smallest absolute Gasteiger partial charge is 0.239 e. The number of amides is 1. The molecule has 0 saturated carbocycles. The third-order valence-corrected chi connectivity index (χ3v) is 7.53. The molecule has 0 radical (unpaired) electrons. The van der Waals surface area contributed by atoms with Crippen molar-refractivity contribution in [1.29, 1.82) is 0 Å². The second-order valence-corrected chi connectivity index (χ2v) is 10.4. The van der Waals surface area contributed by atoms with E-state index < -0.39 is 0 Å². The van der Waals surface area contributed by atoms with Gasteiger partial charge in [-0.05, 0) is 45.0 Å². The van der Waals surface area contributed by atoms with E-state index in [1.807, 2.05) is 54.1 Å². The monoisotopic (exact) mass is 481 g/mol. The maximum Gasteiger partial charge on any atom is 0.239 e. The number of thioether (sulfide) groups is 2. The molecule has 2 heterocycles. The van der Waals surface area contributed by atoms with E-state index in [-0.39, 0.29) is 11.2 Å². The first kappa shape index (κ1) is 22.6. The average Bonchev–Trinajstić information content (AvgIpc) is 3.39. The molecule has 0 spiro atoms. The van der Waals surface area contributed by atoms with E-state index in [0.29, 0.717) is 16.0 Å². The van der Waals surface area contributed by atoms with Crippen LogP contribution < -0.4 is 5.32 Å². The van der Waals surface area contributed by atoms with Crippen molar-refractivity contribution in [3.05, 3.63) is 77.1 Å². The average molecular weight is 482 g/mol. The van der Waals surface area contributed by atoms with Crippen LogP contribution in [0.4, 0.5) is 5.13 Å². The van der Waals surface area contributed by atoms with E-state index in [1.54, 1.807) is 11.8 Å². The highest BCUT2D eigenvalue weighted by Crippen LogP contribution is 2.30. The van der Waals surface area contributed by atoms with Crippen LogP contribution in [-0.2, 0) is 10.5 Å². The van der Waals surface area contributed by atoms with Gasteiger partial charge in [0, 0.05) is 16.0 Å². The summed E-state index contributed by atoms with van der Waals surface area (Å²) in [6.07, 6.45) is 0. The fourth-order valence-electron chi connectivity index (χ4n) is 2.92. The molecule has 1 N–H and O–H groups in total. The summed E-state index contributed by atoms with van der Waals surface area (Å²) >= 11 is 4.53. The van der Waals surface area contributed by atoms with Crippen molar-refractivity contribution in [1.82, 2.24) is 19.7 Å². The normalized spacial score (nSPS) is 12.0. The zero-order chi connectivity index (χ0) is 22.5. The number of aromatic nitrogens is 4. The number of benzene rings is 2. The molecular formula is C23H23N5OS3. The zero-order valence-electron chi connectivity index (χ0n) is 18.0. The number of nitrogens with one attached hydrogen (secondary N) is 1. The molecule has 1 atom stereocenters. The Morgan fingerprint density at radius 3 is 2.53 bits per heavy atom. The number of carbonyl (C=O) groups excluding carboxylic acids is 1. The molecule has 4 rings (SSSR count). The number of thiazole rings is 1. The lowest BCUT2D eigenvalue weighted by atomic mass is 10.2. The summed E-state index contributed by atoms with van der Waals surface area (Å²) in [5, 5.41) is 14.6. The highest BCUT2D eigenvalue weighted by molar-refractivity contribution is 8.00. The number of hydrogen-bond acceptors (Lipinski definition) is 7. The second-order valence-electron chi connectivity index (χ2n) is 7.21. The van der Waals surface area contributed by atoms with E-state index in [1.165, 1.54) is 33.6 Å². The Kier molecular flexibility index (Phi) is 7.29. The van der Waals surface area contributed by atoms with Crippen LogP contribution in [0.15, 0.2) is 70.0 Å². The van der Waals surface area contributed by atoms with Gasteiger partial charge < -0.3 is 5.32 Å². The molecule has 9 heteroatoms. The van der Waals surface area contributed by atoms with Gasteiger partial charge in [-0.2, -0.15) is 0 Å². The lowest BCUT2D eigenvalue weighted by Crippen LogP contribution is -2.22. The summed E-state index contributed by atoms with van der Waals surface area (Å²) in [5.74, 6) is 1.40. The van der Waals surface area contributed by atoms with E-state index >= 15 is 0 Å². The molecule has 4 aromatic rings. The number of rotatable bonds is 8. The van der Waals surface area contributed by atoms with Gasteiger partial charge in [-0.3, -0.25) is 9.36 Å². The minimum Gasteiger partial charge on any atom is -0.301 e. The van der Waals surface area contributed by atoms with Crippen LogP contribution in [0.2, 0.25) is 0 Å². The highest BCUT2D eigenvalue weighted by Gasteiger charge is 2.22. The second kappa shape index (κ2) is 10.3. The molecule has 0 aliphatic heterocycles. The minimum absolute atomic E-state index is 0.109. The van der Waals surface area contributed by atoms with Gasteiger partial charge in [0.25, 0.3) is 0 Å². The van der Waals surface area contributed by atoms with Gasteiger partial charge in [0.2, 0.25) is 5.91 Å². The molecule has 0 bridgehead atoms. The summed E-state index contributed by atoms with van der Waals surface area (Å²) in [5.41, 5.74) is 3.11. The first-order valence-corrected chi connectivity index (χ1v) is 12.8. The largest absolute Gasteiger partial charge is 0.301 e. The lowest BCUT2D eigenvalue weighted by Gasteiger charge is -2.13. The Labute approximate surface area is 199 Å². The van der Waals surface area contributed by atoms with Crippen LogP contribution in [0.3, 0.4) is 0 Å². The molecule has 164 valence electrons. The van der Waals surface area contributed by atoms with Crippen molar-refractivity contribution in [3.63, 3.8) is 0 Å². The van der Waals surface area contributed by atoms with Gasteiger partial charge in [-0.15, -0.1) is 33.3 Å². The van der Waals surface area contributed by atoms with Crippen molar-refractivity contribution >= 4 is 45.9 Å². The molecule has 1 amide bonds. The highest BCUT2D eigenvalue weighted by atomic mass is 32.2. The molecule has 0 fully saturated rings. The van der Waals surface area contributed by atoms with Gasteiger partial charge >= 0.3 is 0 Å². The molecule has 0 saturated heterocycles. The van der Waals surface area contributed by atoms with Gasteiger partial charge in [-0.1, -0.05) is 47.7 Å². The van der Waals surface area contributed by atoms with Crippen molar-refractivity contribution in [2.75, 3.05) is 5.32 Å². The molecule has 2 aromatic heterocycles. The van der Waals surface area contributed by atoms with Crippen molar-refractivity contribution in [2.45, 2.75) is 41.8 Å². The standard InChI is InChI=1S/C23H23N5OS3/c1-15-9-11-19(12-10-15)30-14-20-26-27-23(28(20)18-7-5-4-6-8-18)32-17(3)21(29)25-22-24-16(2)13-31-22/h4-13,17H,14H2,1-3H3,(H,24,25,29). The lowest BCUT2D eigenvalue weighted by molar-refractivity contribution is -0.115. The van der Waals surface area contributed by atoms with Crippen LogP contribution in [0.5, 0.6) is 0 Å². The number of nitrogens with zero attached hydrogens (tertiary/aromatic N) is 4. The van der Waals surface area contributed by atoms with Gasteiger partial charge in [-0.25, -0.2) is 4.98 Å². The quantitative estimate of drug-likeness (QED) is 0.323. The molecular weight excluding hydrogens is 458 g/mol. The fourth-order valence-corrected chi connectivity index (χ4v) is 5.31. The SMILES string of the molecule is Cc1ccc(SCc2nnc(SC(C)C(=O)Nc3nc(C)cs3)n2-c2ccccc2)cc1. The summed E-state index contributed by atoms with van der Waals surface area (Å²) in [6, 6.07) is 18.5. The van der Waals surface area contributed by atoms with Crippen LogP contribution >= 0.6 is 34.9 Å². The predicted octanol–water partition coefficient (Wildman–Crippen LogP) is 5.75. The van der Waals surface area contributed by atoms with Gasteiger partial charge in [0.05, 0.1) is 16.7 Å². The molecule has 0 aliphatic carbocycles. The summed E-state index contributed by atoms with van der Waals surface area (Å²) in [4.78, 5) is 18.2. The minimum atomic E-state index is -0.358. The van der Waals surface area contributed by atoms with E-state index in [0.717, 1.165) is 17.2 Å². The molecule has 32 heavy (non-hydrogen) atoms. The summed E-state index contributed by atoms with van der Waals surface area (Å²) in [6.45, 7) is 5.85. The predicted molar refractivity (Wildman–Crippen MR) is 133 cm³/mol. The van der Waals surface area contributed by atoms with Crippen LogP contribution in [-0.4, -0.2) is 30.9 Å². The fraction of sp³-hybridized carbons (Fsp3) is 0.217. The van der Waals surface area contributed by atoms with Gasteiger partial charge in [0.15, 0.2) is 10.3 Å². The van der Waals surface area contributed by atoms with E-state index in [2.05, 4.69) is 51.7 Å². The number of hydrogen-bond donors (Lipinski definition) is 1. The first-order valence-electron chi connectivity index (χ1n) is 10.1. The Morgan fingerprint density at radius 2 is 1.84 bits per heavy atom. The molecule has 2 aromatic carbocycles. The van der Waals surface area contributed by atoms with Crippen LogP contribution in [0.25, 0.3) is 5.69 Å². The Morgan fingerprint density at radius 1 is 1.09 bits per heavy atom. The number of aryl methyl sites for hydroxylation is 2. The van der Waals surface area contributed by atoms with Crippen molar-refractivity contribution in [3.8, 4) is 5.69 Å². The number of anilines is 1. The third-order valence-electron chi connectivity index (χ3n) is 4.60. The Balaban J connectivity index is 1.53. The van der Waals surface area contributed by atoms with E-state index in [9.17, 15) is 4.79 Å². The number of para-hydroxylation sites is 1. The summed E-state index contributed by atoms with van der Waals surface area (Å²) in [7, 11) is 0. The summed E-state index contributed by atoms with van der Waals surface area (Å²) < 4.78 is 2.03. The Bertz CT molecular complexity index is 1190. The molecule has 6 nitrogen and oxygen atoms in total. The zero-order valence-corrected chi connectivity index (χ0v) is 20.4. The third kappa shape index (κ3) is 5.59. The van der Waals surface area contributed by atoms with Crippen molar-refractivity contribution < 1.29 is 4.79 Å². The number of carbonyl (C=O) groups is 1. The maximum absolute atomic E-state index is 12.7. The first-order chi connectivity index (χ1) is 15.5. The van der Waals surface area contributed by atoms with Crippen LogP contribution in [0, 0.1) is 13.8 Å². The van der Waals surface area contributed by atoms with Crippen LogP contribution in [0.1, 0.15) is 24.0 Å². The Hall–Kier alpha value is -2.62.